The number of hydrogen-bond acceptors (Lipinski definition) is 1. The van der Waals surface area contributed by atoms with Gasteiger partial charge in [-0.05, 0) is 25.0 Å². The summed E-state index contributed by atoms with van der Waals surface area (Å²) in [5.74, 6) is 1.34. The average Bonchev–Trinajstić information content (AvgIpc) is 2.84. The van der Waals surface area contributed by atoms with E-state index in [9.17, 15) is 0 Å². The van der Waals surface area contributed by atoms with Crippen molar-refractivity contribution in [3.8, 4) is 0 Å². The molecule has 1 aliphatic rings. The van der Waals surface area contributed by atoms with Gasteiger partial charge in [-0.1, -0.05) is 30.2 Å². The number of halogens is 2. The molecule has 16 heavy (non-hydrogen) atoms. The van der Waals surface area contributed by atoms with Gasteiger partial charge in [-0.2, -0.15) is 0 Å². The molecule has 1 nitrogen and oxygen atoms in total. The monoisotopic (exact) mass is 254 g/mol. The lowest BCUT2D eigenvalue weighted by atomic mass is 10.0. The summed E-state index contributed by atoms with van der Waals surface area (Å²) in [5.41, 5.74) is 0.787. The van der Waals surface area contributed by atoms with Gasteiger partial charge in [-0.15, -0.1) is 11.6 Å². The fraction of sp³-hybridized carbons (Fsp3) is 0.385. The largest absolute Gasteiger partial charge is 0.459 e. The highest BCUT2D eigenvalue weighted by Gasteiger charge is 2.29. The molecule has 0 N–H and O–H groups in total. The number of para-hydroxylation sites is 1. The third-order valence-electron chi connectivity index (χ3n) is 3.31. The molecule has 2 aromatic rings. The van der Waals surface area contributed by atoms with Crippen LogP contribution in [0.3, 0.4) is 0 Å². The third kappa shape index (κ3) is 1.63. The van der Waals surface area contributed by atoms with Crippen LogP contribution >= 0.6 is 23.2 Å². The molecule has 0 saturated heterocycles. The maximum absolute atomic E-state index is 6.29. The Balaban J connectivity index is 2.08. The van der Waals surface area contributed by atoms with Gasteiger partial charge in [0.2, 0.25) is 0 Å². The van der Waals surface area contributed by atoms with E-state index in [0.29, 0.717) is 10.9 Å². The summed E-state index contributed by atoms with van der Waals surface area (Å²) in [4.78, 5) is 0. The van der Waals surface area contributed by atoms with Gasteiger partial charge in [0.05, 0.1) is 5.02 Å². The van der Waals surface area contributed by atoms with Gasteiger partial charge in [0, 0.05) is 16.7 Å². The number of fused-ring (bicyclic) bond motifs is 1. The van der Waals surface area contributed by atoms with Crippen molar-refractivity contribution in [3.05, 3.63) is 35.0 Å². The lowest BCUT2D eigenvalue weighted by Gasteiger charge is -2.09. The second-order valence-corrected chi connectivity index (χ2v) is 5.33. The van der Waals surface area contributed by atoms with E-state index in [1.807, 2.05) is 18.2 Å². The summed E-state index contributed by atoms with van der Waals surface area (Å²) in [5, 5.41) is 1.95. The molecule has 0 spiro atoms. The van der Waals surface area contributed by atoms with Crippen LogP contribution in [0.5, 0.6) is 0 Å². The minimum atomic E-state index is 0.208. The highest BCUT2D eigenvalue weighted by molar-refractivity contribution is 6.34. The predicted octanol–water partition coefficient (Wildman–Crippen LogP) is 4.96. The summed E-state index contributed by atoms with van der Waals surface area (Å²) in [6.45, 7) is 0. The van der Waals surface area contributed by atoms with E-state index in [1.54, 1.807) is 0 Å². The van der Waals surface area contributed by atoms with Gasteiger partial charge in [0.15, 0.2) is 5.58 Å². The Morgan fingerprint density at radius 3 is 2.81 bits per heavy atom. The first-order chi connectivity index (χ1) is 7.75. The van der Waals surface area contributed by atoms with E-state index in [1.165, 1.54) is 6.42 Å². The van der Waals surface area contributed by atoms with Gasteiger partial charge < -0.3 is 4.42 Å². The fourth-order valence-electron chi connectivity index (χ4n) is 2.47. The van der Waals surface area contributed by atoms with Gasteiger partial charge in [-0.3, -0.25) is 0 Å². The predicted molar refractivity (Wildman–Crippen MR) is 67.5 cm³/mol. The Morgan fingerprint density at radius 1 is 1.25 bits per heavy atom. The zero-order valence-electron chi connectivity index (χ0n) is 8.75. The second-order valence-electron chi connectivity index (χ2n) is 4.36. The highest BCUT2D eigenvalue weighted by Crippen LogP contribution is 2.40. The topological polar surface area (TPSA) is 13.1 Å². The first-order valence-corrected chi connectivity index (χ1v) is 6.39. The molecule has 1 aromatic heterocycles. The smallest absolute Gasteiger partial charge is 0.152 e. The lowest BCUT2D eigenvalue weighted by molar-refractivity contribution is 0.496. The van der Waals surface area contributed by atoms with Crippen LogP contribution in [0.15, 0.2) is 28.7 Å². The van der Waals surface area contributed by atoms with Crippen molar-refractivity contribution in [1.82, 2.24) is 0 Å². The van der Waals surface area contributed by atoms with Crippen LogP contribution in [0.25, 0.3) is 11.0 Å². The molecule has 1 heterocycles. The number of hydrogen-bond donors (Lipinski definition) is 0. The van der Waals surface area contributed by atoms with Crippen molar-refractivity contribution in [1.29, 1.82) is 0 Å². The average molecular weight is 255 g/mol. The summed E-state index contributed by atoms with van der Waals surface area (Å²) in [7, 11) is 0. The SMILES string of the molecule is Clc1cccc2cc(C3CCCC3Cl)oc12. The van der Waals surface area contributed by atoms with Crippen LogP contribution in [0.1, 0.15) is 30.9 Å². The van der Waals surface area contributed by atoms with Crippen molar-refractivity contribution < 1.29 is 4.42 Å². The standard InChI is InChI=1S/C13H12Cl2O/c14-10-5-2-4-9(10)12-7-8-3-1-6-11(15)13(8)16-12/h1,3,6-7,9-10H,2,4-5H2. The van der Waals surface area contributed by atoms with E-state index < -0.39 is 0 Å². The van der Waals surface area contributed by atoms with E-state index in [-0.39, 0.29) is 5.38 Å². The first-order valence-electron chi connectivity index (χ1n) is 5.58. The molecule has 2 atom stereocenters. The summed E-state index contributed by atoms with van der Waals surface area (Å²) in [6, 6.07) is 7.89. The van der Waals surface area contributed by atoms with Crippen LogP contribution in [-0.4, -0.2) is 5.38 Å². The van der Waals surface area contributed by atoms with Crippen LogP contribution in [-0.2, 0) is 0 Å². The summed E-state index contributed by atoms with van der Waals surface area (Å²) in [6.07, 6.45) is 3.38. The van der Waals surface area contributed by atoms with Gasteiger partial charge >= 0.3 is 0 Å². The normalized spacial score (nSPS) is 25.4. The molecule has 0 aliphatic heterocycles. The van der Waals surface area contributed by atoms with Crippen LogP contribution in [0.4, 0.5) is 0 Å². The molecule has 0 radical (unpaired) electrons. The fourth-order valence-corrected chi connectivity index (χ4v) is 3.09. The molecule has 1 saturated carbocycles. The number of furan rings is 1. The molecule has 1 fully saturated rings. The molecule has 0 amide bonds. The lowest BCUT2D eigenvalue weighted by Crippen LogP contribution is -2.03. The summed E-state index contributed by atoms with van der Waals surface area (Å²) < 4.78 is 5.84. The Kier molecular flexibility index (Phi) is 2.61. The number of rotatable bonds is 1. The number of alkyl halides is 1. The Bertz CT molecular complexity index is 518. The van der Waals surface area contributed by atoms with E-state index in [2.05, 4.69) is 6.07 Å². The van der Waals surface area contributed by atoms with Crippen molar-refractivity contribution in [2.75, 3.05) is 0 Å². The van der Waals surface area contributed by atoms with E-state index >= 15 is 0 Å². The minimum absolute atomic E-state index is 0.208. The molecule has 1 aliphatic carbocycles. The Morgan fingerprint density at radius 2 is 2.12 bits per heavy atom. The maximum atomic E-state index is 6.29. The molecule has 84 valence electrons. The number of benzene rings is 1. The van der Waals surface area contributed by atoms with E-state index in [0.717, 1.165) is 29.6 Å². The molecule has 0 bridgehead atoms. The Hall–Kier alpha value is -0.660. The zero-order valence-corrected chi connectivity index (χ0v) is 10.3. The molecular formula is C13H12Cl2O. The van der Waals surface area contributed by atoms with Gasteiger partial charge in [0.25, 0.3) is 0 Å². The van der Waals surface area contributed by atoms with Crippen molar-refractivity contribution in [3.63, 3.8) is 0 Å². The quantitative estimate of drug-likeness (QED) is 0.656. The second kappa shape index (κ2) is 3.97. The molecule has 2 unspecified atom stereocenters. The molecule has 1 aromatic carbocycles. The highest BCUT2D eigenvalue weighted by atomic mass is 35.5. The van der Waals surface area contributed by atoms with Crippen molar-refractivity contribution in [2.24, 2.45) is 0 Å². The third-order valence-corrected chi connectivity index (χ3v) is 4.13. The minimum Gasteiger partial charge on any atom is -0.459 e. The molecule has 3 rings (SSSR count). The first kappa shape index (κ1) is 10.5. The molecular weight excluding hydrogens is 243 g/mol. The maximum Gasteiger partial charge on any atom is 0.152 e. The van der Waals surface area contributed by atoms with Crippen molar-refractivity contribution >= 4 is 34.2 Å². The van der Waals surface area contributed by atoms with Crippen LogP contribution in [0.2, 0.25) is 5.02 Å². The van der Waals surface area contributed by atoms with Gasteiger partial charge in [0.1, 0.15) is 5.76 Å². The van der Waals surface area contributed by atoms with Gasteiger partial charge in [-0.25, -0.2) is 0 Å². The summed E-state index contributed by atoms with van der Waals surface area (Å²) >= 11 is 12.4. The van der Waals surface area contributed by atoms with Crippen LogP contribution in [0, 0.1) is 0 Å². The zero-order chi connectivity index (χ0) is 11.1. The van der Waals surface area contributed by atoms with Crippen LogP contribution < -0.4 is 0 Å². The Labute approximate surface area is 104 Å². The van der Waals surface area contributed by atoms with Crippen molar-refractivity contribution in [2.45, 2.75) is 30.6 Å². The molecule has 3 heteroatoms. The van der Waals surface area contributed by atoms with E-state index in [4.69, 9.17) is 27.6 Å².